The summed E-state index contributed by atoms with van der Waals surface area (Å²) in [6, 6.07) is 13.5. The number of aromatic nitrogens is 2. The number of rotatable bonds is 7. The Labute approximate surface area is 167 Å². The van der Waals surface area contributed by atoms with E-state index < -0.39 is 0 Å². The Morgan fingerprint density at radius 1 is 1.15 bits per heavy atom. The van der Waals surface area contributed by atoms with Crippen LogP contribution >= 0.6 is 23.4 Å². The summed E-state index contributed by atoms with van der Waals surface area (Å²) in [5.74, 6) is 1.00. The molecule has 5 nitrogen and oxygen atoms in total. The molecule has 3 aromatic rings. The highest BCUT2D eigenvalue weighted by Crippen LogP contribution is 2.25. The van der Waals surface area contributed by atoms with Gasteiger partial charge in [-0.3, -0.25) is 4.79 Å². The van der Waals surface area contributed by atoms with E-state index in [1.165, 1.54) is 22.9 Å². The quantitative estimate of drug-likeness (QED) is 0.575. The molecule has 3 rings (SSSR count). The number of carbonyl (C=O) groups is 1. The predicted molar refractivity (Wildman–Crippen MR) is 108 cm³/mol. The largest absolute Gasteiger partial charge is 0.411 e. The third-order valence-corrected chi connectivity index (χ3v) is 5.34. The fourth-order valence-corrected chi connectivity index (χ4v) is 3.32. The van der Waals surface area contributed by atoms with E-state index in [-0.39, 0.29) is 5.91 Å². The Morgan fingerprint density at radius 3 is 2.74 bits per heavy atom. The fraction of sp³-hybridized carbons (Fsp3) is 0.250. The molecule has 0 spiro atoms. The van der Waals surface area contributed by atoms with Crippen LogP contribution in [0.15, 0.2) is 52.1 Å². The zero-order chi connectivity index (χ0) is 19.2. The Balaban J connectivity index is 1.46. The smallest absolute Gasteiger partial charge is 0.276 e. The van der Waals surface area contributed by atoms with Crippen LogP contribution in [0.1, 0.15) is 23.1 Å². The molecule has 0 unspecified atom stereocenters. The van der Waals surface area contributed by atoms with Gasteiger partial charge in [0, 0.05) is 29.3 Å². The van der Waals surface area contributed by atoms with Crippen LogP contribution in [0.5, 0.6) is 0 Å². The zero-order valence-corrected chi connectivity index (χ0v) is 16.7. The molecule has 0 fully saturated rings. The van der Waals surface area contributed by atoms with Gasteiger partial charge < -0.3 is 9.73 Å². The van der Waals surface area contributed by atoms with Crippen LogP contribution in [0, 0.1) is 13.8 Å². The lowest BCUT2D eigenvalue weighted by Crippen LogP contribution is -2.23. The lowest BCUT2D eigenvalue weighted by Gasteiger charge is -2.06. The van der Waals surface area contributed by atoms with E-state index >= 15 is 0 Å². The zero-order valence-electron chi connectivity index (χ0n) is 15.2. The molecule has 0 saturated carbocycles. The molecule has 1 heterocycles. The second-order valence-electron chi connectivity index (χ2n) is 6.14. The molecule has 0 aliphatic rings. The molecule has 0 saturated heterocycles. The van der Waals surface area contributed by atoms with Gasteiger partial charge in [-0.1, -0.05) is 47.6 Å². The lowest BCUT2D eigenvalue weighted by molar-refractivity contribution is -0.120. The molecule has 7 heteroatoms. The van der Waals surface area contributed by atoms with Crippen molar-refractivity contribution in [1.29, 1.82) is 0 Å². The van der Waals surface area contributed by atoms with Crippen LogP contribution in [0.2, 0.25) is 5.02 Å². The van der Waals surface area contributed by atoms with Crippen LogP contribution in [0.4, 0.5) is 0 Å². The van der Waals surface area contributed by atoms with Crippen molar-refractivity contribution >= 4 is 29.3 Å². The third-order valence-electron chi connectivity index (χ3n) is 4.15. The number of nitrogens with zero attached hydrogens (tertiary/aromatic N) is 2. The number of hydrogen-bond acceptors (Lipinski definition) is 5. The first kappa shape index (κ1) is 19.5. The van der Waals surface area contributed by atoms with Gasteiger partial charge in [-0.2, -0.15) is 0 Å². The summed E-state index contributed by atoms with van der Waals surface area (Å²) in [4.78, 5) is 12.0. The van der Waals surface area contributed by atoms with Crippen molar-refractivity contribution in [1.82, 2.24) is 15.5 Å². The van der Waals surface area contributed by atoms with E-state index in [2.05, 4.69) is 22.4 Å². The van der Waals surface area contributed by atoms with Crippen molar-refractivity contribution < 1.29 is 9.21 Å². The van der Waals surface area contributed by atoms with E-state index in [9.17, 15) is 4.79 Å². The number of nitrogens with one attached hydrogen (secondary N) is 1. The van der Waals surface area contributed by atoms with E-state index in [0.29, 0.717) is 34.9 Å². The Hall–Kier alpha value is -2.31. The molecule has 1 amide bonds. The number of amides is 1. The number of carbonyl (C=O) groups excluding carboxylic acids is 1. The van der Waals surface area contributed by atoms with Gasteiger partial charge in [-0.15, -0.1) is 10.2 Å². The van der Waals surface area contributed by atoms with Gasteiger partial charge in [0.1, 0.15) is 0 Å². The maximum Gasteiger partial charge on any atom is 0.276 e. The second kappa shape index (κ2) is 9.06. The van der Waals surface area contributed by atoms with Crippen molar-refractivity contribution in [3.8, 4) is 11.5 Å². The molecular weight excluding hydrogens is 382 g/mol. The van der Waals surface area contributed by atoms with Gasteiger partial charge in [-0.25, -0.2) is 0 Å². The molecule has 0 atom stereocenters. The van der Waals surface area contributed by atoms with Gasteiger partial charge in [-0.05, 0) is 48.7 Å². The van der Waals surface area contributed by atoms with Crippen molar-refractivity contribution in [2.24, 2.45) is 0 Å². The van der Waals surface area contributed by atoms with Gasteiger partial charge in [0.25, 0.3) is 5.22 Å². The number of aryl methyl sites for hydroxylation is 2. The summed E-state index contributed by atoms with van der Waals surface area (Å²) in [6.07, 6.45) is 0.358. The molecule has 0 radical (unpaired) electrons. The van der Waals surface area contributed by atoms with Gasteiger partial charge in [0.15, 0.2) is 0 Å². The maximum absolute atomic E-state index is 12.0. The average Bonchev–Trinajstić information content (AvgIpc) is 3.12. The molecule has 0 aliphatic heterocycles. The first-order valence-corrected chi connectivity index (χ1v) is 9.93. The van der Waals surface area contributed by atoms with Crippen LogP contribution in [0.25, 0.3) is 11.5 Å². The molecule has 0 bridgehead atoms. The Bertz CT molecular complexity index is 942. The number of halogens is 1. The molecule has 1 N–H and O–H groups in total. The highest BCUT2D eigenvalue weighted by Gasteiger charge is 2.11. The SMILES string of the molecule is Cc1ccc(-c2nnc(SCCC(=O)NCc3ccccc3Cl)o2)cc1C. The number of thioether (sulfide) groups is 1. The highest BCUT2D eigenvalue weighted by molar-refractivity contribution is 7.99. The van der Waals surface area contributed by atoms with Crippen LogP contribution in [-0.2, 0) is 11.3 Å². The van der Waals surface area contributed by atoms with E-state index in [1.54, 1.807) is 0 Å². The molecule has 140 valence electrons. The first-order chi connectivity index (χ1) is 13.0. The van der Waals surface area contributed by atoms with E-state index in [4.69, 9.17) is 16.0 Å². The summed E-state index contributed by atoms with van der Waals surface area (Å²) in [6.45, 7) is 4.53. The monoisotopic (exact) mass is 401 g/mol. The minimum absolute atomic E-state index is 0.0451. The minimum Gasteiger partial charge on any atom is -0.411 e. The van der Waals surface area contributed by atoms with Crippen LogP contribution < -0.4 is 5.32 Å². The van der Waals surface area contributed by atoms with Gasteiger partial charge in [0.2, 0.25) is 11.8 Å². The Morgan fingerprint density at radius 2 is 1.96 bits per heavy atom. The molecule has 2 aromatic carbocycles. The third kappa shape index (κ3) is 5.34. The fourth-order valence-electron chi connectivity index (χ4n) is 2.41. The maximum atomic E-state index is 12.0. The molecule has 27 heavy (non-hydrogen) atoms. The van der Waals surface area contributed by atoms with Crippen molar-refractivity contribution in [3.05, 3.63) is 64.2 Å². The predicted octanol–water partition coefficient (Wildman–Crippen LogP) is 4.81. The minimum atomic E-state index is -0.0451. The first-order valence-electron chi connectivity index (χ1n) is 8.57. The van der Waals surface area contributed by atoms with Crippen molar-refractivity contribution in [3.63, 3.8) is 0 Å². The van der Waals surface area contributed by atoms with Gasteiger partial charge in [0.05, 0.1) is 0 Å². The second-order valence-corrected chi connectivity index (χ2v) is 7.59. The van der Waals surface area contributed by atoms with Crippen molar-refractivity contribution in [2.75, 3.05) is 5.75 Å². The van der Waals surface area contributed by atoms with Crippen LogP contribution in [0.3, 0.4) is 0 Å². The van der Waals surface area contributed by atoms with Gasteiger partial charge >= 0.3 is 0 Å². The van der Waals surface area contributed by atoms with Crippen LogP contribution in [-0.4, -0.2) is 21.9 Å². The average molecular weight is 402 g/mol. The summed E-state index contributed by atoms with van der Waals surface area (Å²) in [5.41, 5.74) is 4.19. The molecule has 0 aliphatic carbocycles. The summed E-state index contributed by atoms with van der Waals surface area (Å²) >= 11 is 7.45. The number of benzene rings is 2. The molecular formula is C20H20ClN3O2S. The van der Waals surface area contributed by atoms with E-state index in [1.807, 2.05) is 49.4 Å². The number of hydrogen-bond donors (Lipinski definition) is 1. The summed E-state index contributed by atoms with van der Waals surface area (Å²) in [5, 5.41) is 12.1. The summed E-state index contributed by atoms with van der Waals surface area (Å²) < 4.78 is 5.68. The summed E-state index contributed by atoms with van der Waals surface area (Å²) in [7, 11) is 0. The van der Waals surface area contributed by atoms with Crippen molar-refractivity contribution in [2.45, 2.75) is 32.0 Å². The molecule has 1 aromatic heterocycles. The lowest BCUT2D eigenvalue weighted by atomic mass is 10.1. The van der Waals surface area contributed by atoms with E-state index in [0.717, 1.165) is 11.1 Å². The normalized spacial score (nSPS) is 10.8. The Kier molecular flexibility index (Phi) is 6.53. The topological polar surface area (TPSA) is 68.0 Å². The highest BCUT2D eigenvalue weighted by atomic mass is 35.5. The standard InChI is InChI=1S/C20H20ClN3O2S/c1-13-7-8-15(11-14(13)2)19-23-24-20(26-19)27-10-9-18(25)22-12-16-5-3-4-6-17(16)21/h3-8,11H,9-10,12H2,1-2H3,(H,22,25).